The fourth-order valence-corrected chi connectivity index (χ4v) is 7.03. The summed E-state index contributed by atoms with van der Waals surface area (Å²) in [6.07, 6.45) is 3.48. The Hall–Kier alpha value is -3.48. The van der Waals surface area contributed by atoms with E-state index in [9.17, 15) is 14.4 Å². The Morgan fingerprint density at radius 1 is 1.14 bits per heavy atom. The number of nitrogens with one attached hydrogen (secondary N) is 1. The molecule has 3 heterocycles. The van der Waals surface area contributed by atoms with E-state index in [2.05, 4.69) is 44.2 Å². The molecule has 0 aliphatic rings. The van der Waals surface area contributed by atoms with Gasteiger partial charge < -0.3 is 18.9 Å². The van der Waals surface area contributed by atoms with Gasteiger partial charge in [-0.25, -0.2) is 14.3 Å². The average molecular weight is 627 g/mol. The van der Waals surface area contributed by atoms with Crippen LogP contribution in [0.2, 0.25) is 18.1 Å². The Morgan fingerprint density at radius 2 is 1.84 bits per heavy atom. The molecule has 0 saturated heterocycles. The highest BCUT2D eigenvalue weighted by molar-refractivity contribution is 7.22. The number of carbonyl (C=O) groups excluding carboxylic acids is 1. The number of nitrogens with zero attached hydrogens (tertiary/aromatic N) is 3. The van der Waals surface area contributed by atoms with E-state index in [0.717, 1.165) is 10.1 Å². The van der Waals surface area contributed by atoms with Crippen molar-refractivity contribution in [3.8, 4) is 16.5 Å². The smallest absolute Gasteiger partial charge is 0.333 e. The Morgan fingerprint density at radius 3 is 2.47 bits per heavy atom. The highest BCUT2D eigenvalue weighted by Crippen LogP contribution is 2.37. The number of aryl methyl sites for hydroxylation is 3. The summed E-state index contributed by atoms with van der Waals surface area (Å²) in [6.45, 7) is 16.6. The van der Waals surface area contributed by atoms with E-state index in [-0.39, 0.29) is 18.1 Å². The average Bonchev–Trinajstić information content (AvgIpc) is 3.58. The van der Waals surface area contributed by atoms with Crippen LogP contribution in [0.3, 0.4) is 0 Å². The molecule has 0 fully saturated rings. The lowest BCUT2D eigenvalue weighted by molar-refractivity contribution is -0.128. The van der Waals surface area contributed by atoms with Gasteiger partial charge in [-0.05, 0) is 62.5 Å². The topological polar surface area (TPSA) is 118 Å². The molecular weight excluding hydrogens is 585 g/mol. The van der Waals surface area contributed by atoms with Crippen LogP contribution in [-0.4, -0.2) is 48.6 Å². The van der Waals surface area contributed by atoms with Gasteiger partial charge in [0.15, 0.2) is 8.32 Å². The number of hydrogen-bond acceptors (Lipinski definition) is 8. The molecule has 0 aliphatic heterocycles. The van der Waals surface area contributed by atoms with Gasteiger partial charge in [-0.3, -0.25) is 14.2 Å². The molecule has 43 heavy (non-hydrogen) atoms. The number of ether oxygens (including phenoxy) is 1. The van der Waals surface area contributed by atoms with Crippen LogP contribution in [0.25, 0.3) is 21.0 Å². The zero-order valence-electron chi connectivity index (χ0n) is 26.5. The summed E-state index contributed by atoms with van der Waals surface area (Å²) in [5.41, 5.74) is -1.01. The molecule has 232 valence electrons. The van der Waals surface area contributed by atoms with E-state index in [1.54, 1.807) is 25.5 Å². The van der Waals surface area contributed by atoms with Crippen molar-refractivity contribution in [3.63, 3.8) is 0 Å². The quantitative estimate of drug-likeness (QED) is 0.177. The van der Waals surface area contributed by atoms with Crippen molar-refractivity contribution in [2.24, 2.45) is 0 Å². The molecule has 1 amide bonds. The first-order valence-corrected chi connectivity index (χ1v) is 18.1. The fraction of sp³-hybridized carbons (Fsp3) is 0.484. The maximum Gasteiger partial charge on any atom is 0.333 e. The SMILES string of the molecule is COc1ccccc1CCn1c(=O)n(C(C)(C)C(=O)NCCO[Si](C)(C)C(C)(C)C)c(=O)c2c(C)c(-c3ncco3)sc21. The van der Waals surface area contributed by atoms with Crippen LogP contribution in [0.1, 0.15) is 45.7 Å². The number of thiophene rings is 1. The molecular formula is C31H42N4O6SSi. The monoisotopic (exact) mass is 626 g/mol. The van der Waals surface area contributed by atoms with Gasteiger partial charge in [0.2, 0.25) is 11.8 Å². The van der Waals surface area contributed by atoms with Gasteiger partial charge in [0, 0.05) is 13.1 Å². The third-order valence-corrected chi connectivity index (χ3v) is 14.2. The van der Waals surface area contributed by atoms with Gasteiger partial charge in [0.1, 0.15) is 22.4 Å². The molecule has 1 N–H and O–H groups in total. The lowest BCUT2D eigenvalue weighted by Gasteiger charge is -2.36. The van der Waals surface area contributed by atoms with Crippen molar-refractivity contribution in [2.75, 3.05) is 20.3 Å². The largest absolute Gasteiger partial charge is 0.496 e. The van der Waals surface area contributed by atoms with E-state index in [0.29, 0.717) is 45.3 Å². The van der Waals surface area contributed by atoms with Crippen molar-refractivity contribution in [2.45, 2.75) is 78.2 Å². The predicted octanol–water partition coefficient (Wildman–Crippen LogP) is 5.31. The van der Waals surface area contributed by atoms with E-state index >= 15 is 0 Å². The van der Waals surface area contributed by atoms with Crippen molar-refractivity contribution >= 4 is 35.8 Å². The lowest BCUT2D eigenvalue weighted by Crippen LogP contribution is -2.56. The molecule has 0 saturated carbocycles. The van der Waals surface area contributed by atoms with E-state index in [4.69, 9.17) is 13.6 Å². The molecule has 4 aromatic rings. The number of methoxy groups -OCH3 is 1. The summed E-state index contributed by atoms with van der Waals surface area (Å²) in [7, 11) is -0.390. The standard InChI is InChI=1S/C31H42N4O6SSi/c1-20-23-26(36)35(31(5,6)28(37)33-16-19-41-43(8,9)30(2,3)4)29(38)34(17-14-21-12-10-11-13-22(21)39-7)27(23)42-24(20)25-32-15-18-40-25/h10-13,15,18H,14,16-17,19H2,1-9H3,(H,33,37). The highest BCUT2D eigenvalue weighted by Gasteiger charge is 2.38. The van der Waals surface area contributed by atoms with Gasteiger partial charge >= 0.3 is 5.69 Å². The summed E-state index contributed by atoms with van der Waals surface area (Å²) in [5.74, 6) is 0.636. The number of oxazole rings is 1. The Labute approximate surface area is 256 Å². The molecule has 4 rings (SSSR count). The number of amides is 1. The second kappa shape index (κ2) is 12.3. The predicted molar refractivity (Wildman–Crippen MR) is 173 cm³/mol. The van der Waals surface area contributed by atoms with Gasteiger partial charge in [0.05, 0.1) is 30.2 Å². The molecule has 0 unspecified atom stereocenters. The van der Waals surface area contributed by atoms with Gasteiger partial charge in [-0.1, -0.05) is 39.0 Å². The van der Waals surface area contributed by atoms with Crippen molar-refractivity contribution in [1.29, 1.82) is 0 Å². The summed E-state index contributed by atoms with van der Waals surface area (Å²) < 4.78 is 19.9. The molecule has 1 aromatic carbocycles. The second-order valence-electron chi connectivity index (χ2n) is 12.6. The van der Waals surface area contributed by atoms with Crippen LogP contribution >= 0.6 is 11.3 Å². The first-order chi connectivity index (χ1) is 20.1. The number of fused-ring (bicyclic) bond motifs is 1. The minimum atomic E-state index is -1.99. The second-order valence-corrected chi connectivity index (χ2v) is 18.4. The number of carbonyl (C=O) groups is 1. The Kier molecular flexibility index (Phi) is 9.24. The van der Waals surface area contributed by atoms with Crippen LogP contribution in [0, 0.1) is 6.92 Å². The molecule has 0 spiro atoms. The van der Waals surface area contributed by atoms with Crippen LogP contribution in [0.4, 0.5) is 0 Å². The number of hydrogen-bond donors (Lipinski definition) is 1. The van der Waals surface area contributed by atoms with Crippen LogP contribution in [0.15, 0.2) is 50.7 Å². The number of para-hydroxylation sites is 1. The molecule has 0 bridgehead atoms. The first-order valence-electron chi connectivity index (χ1n) is 14.3. The zero-order chi connectivity index (χ0) is 31.7. The summed E-state index contributed by atoms with van der Waals surface area (Å²) >= 11 is 1.28. The molecule has 0 radical (unpaired) electrons. The van der Waals surface area contributed by atoms with Crippen LogP contribution < -0.4 is 21.3 Å². The van der Waals surface area contributed by atoms with Gasteiger partial charge in [-0.2, -0.15) is 0 Å². The third kappa shape index (κ3) is 6.27. The maximum atomic E-state index is 14.2. The third-order valence-electron chi connectivity index (χ3n) is 8.41. The van der Waals surface area contributed by atoms with Crippen molar-refractivity contribution in [3.05, 3.63) is 68.7 Å². The van der Waals surface area contributed by atoms with Crippen LogP contribution in [-0.2, 0) is 27.7 Å². The molecule has 10 nitrogen and oxygen atoms in total. The Balaban J connectivity index is 1.75. The molecule has 0 aliphatic carbocycles. The normalized spacial score (nSPS) is 12.6. The van der Waals surface area contributed by atoms with E-state index in [1.807, 2.05) is 31.2 Å². The van der Waals surface area contributed by atoms with Crippen molar-refractivity contribution < 1.29 is 18.4 Å². The maximum absolute atomic E-state index is 14.2. The minimum Gasteiger partial charge on any atom is -0.496 e. The first kappa shape index (κ1) is 32.4. The van der Waals surface area contributed by atoms with Crippen LogP contribution in [0.5, 0.6) is 5.75 Å². The Bertz CT molecular complexity index is 1730. The summed E-state index contributed by atoms with van der Waals surface area (Å²) in [5, 5.41) is 3.29. The molecule has 12 heteroatoms. The summed E-state index contributed by atoms with van der Waals surface area (Å²) in [6, 6.07) is 7.61. The molecule has 3 aromatic heterocycles. The zero-order valence-corrected chi connectivity index (χ0v) is 28.3. The highest BCUT2D eigenvalue weighted by atomic mass is 32.1. The van der Waals surface area contributed by atoms with Crippen molar-refractivity contribution in [1.82, 2.24) is 19.4 Å². The van der Waals surface area contributed by atoms with E-state index in [1.165, 1.54) is 23.8 Å². The molecule has 0 atom stereocenters. The number of aromatic nitrogens is 3. The van der Waals surface area contributed by atoms with E-state index < -0.39 is 31.0 Å². The van der Waals surface area contributed by atoms with Gasteiger partial charge in [-0.15, -0.1) is 11.3 Å². The number of benzene rings is 1. The summed E-state index contributed by atoms with van der Waals surface area (Å²) in [4.78, 5) is 47.3. The van der Waals surface area contributed by atoms with Gasteiger partial charge in [0.25, 0.3) is 5.56 Å². The number of rotatable bonds is 11. The fourth-order valence-electron chi connectivity index (χ4n) is 4.72. The minimum absolute atomic E-state index is 0.0380. The lowest BCUT2D eigenvalue weighted by atomic mass is 10.0.